The molecule has 212 valence electrons. The van der Waals surface area contributed by atoms with Crippen molar-refractivity contribution in [3.8, 4) is 11.5 Å². The van der Waals surface area contributed by atoms with Crippen LogP contribution in [0.25, 0.3) is 0 Å². The Hall–Kier alpha value is -5.29. The number of halogens is 1. The molecule has 0 saturated heterocycles. The first-order chi connectivity index (χ1) is 20.3. The van der Waals surface area contributed by atoms with E-state index in [2.05, 4.69) is 37.1 Å². The molecule has 0 atom stereocenters. The number of hydrogen-bond donors (Lipinski definition) is 3. The first kappa shape index (κ1) is 29.7. The van der Waals surface area contributed by atoms with Crippen molar-refractivity contribution in [2.75, 3.05) is 17.2 Å². The van der Waals surface area contributed by atoms with E-state index >= 15 is 0 Å². The maximum absolute atomic E-state index is 12.8. The first-order valence-electron chi connectivity index (χ1n) is 12.7. The third kappa shape index (κ3) is 8.35. The van der Waals surface area contributed by atoms with Crippen LogP contribution in [0.4, 0.5) is 11.4 Å². The minimum Gasteiger partial charge on any atom is -0.494 e. The fraction of sp³-hybridized carbons (Fsp3) is 0.0645. The summed E-state index contributed by atoms with van der Waals surface area (Å²) in [6.45, 7) is 2.40. The van der Waals surface area contributed by atoms with E-state index in [1.165, 1.54) is 18.3 Å². The Morgan fingerprint density at radius 1 is 0.786 bits per heavy atom. The normalized spacial score (nSPS) is 10.5. The average molecular weight is 629 g/mol. The van der Waals surface area contributed by atoms with E-state index in [0.29, 0.717) is 34.9 Å². The van der Waals surface area contributed by atoms with Gasteiger partial charge in [-0.1, -0.05) is 28.1 Å². The molecule has 0 heterocycles. The summed E-state index contributed by atoms with van der Waals surface area (Å²) >= 11 is 3.31. The van der Waals surface area contributed by atoms with Gasteiger partial charge in [-0.2, -0.15) is 5.10 Å². The molecule has 0 aliphatic heterocycles. The fourth-order valence-electron chi connectivity index (χ4n) is 3.56. The van der Waals surface area contributed by atoms with Crippen LogP contribution in [0.5, 0.6) is 11.5 Å². The van der Waals surface area contributed by atoms with Crippen LogP contribution in [0.3, 0.4) is 0 Å². The zero-order valence-corrected chi connectivity index (χ0v) is 23.9. The predicted octanol–water partition coefficient (Wildman–Crippen LogP) is 5.41. The van der Waals surface area contributed by atoms with Crippen LogP contribution in [0.1, 0.15) is 33.2 Å². The van der Waals surface area contributed by atoms with Crippen molar-refractivity contribution >= 4 is 57.2 Å². The van der Waals surface area contributed by atoms with E-state index in [9.17, 15) is 19.2 Å². The van der Waals surface area contributed by atoms with E-state index in [-0.39, 0.29) is 11.3 Å². The standard InChI is InChI=1S/C31H25BrN4O6/c1-2-41-24-17-13-23(14-18-24)34-28(37)26-5-3-4-6-27(26)35-29(38)30(39)36-33-19-20-7-15-25(16-8-20)42-31(40)21-9-11-22(32)12-10-21/h3-19H,2H2,1H3,(H,34,37)(H,35,38)(H,36,39)/b33-19+. The number of anilines is 2. The molecule has 0 aliphatic carbocycles. The van der Waals surface area contributed by atoms with E-state index in [1.54, 1.807) is 84.9 Å². The molecule has 0 fully saturated rings. The van der Waals surface area contributed by atoms with Crippen LogP contribution < -0.4 is 25.5 Å². The molecule has 3 amide bonds. The molecule has 0 unspecified atom stereocenters. The van der Waals surface area contributed by atoms with Crippen molar-refractivity contribution in [3.63, 3.8) is 0 Å². The van der Waals surface area contributed by atoms with Crippen molar-refractivity contribution in [1.29, 1.82) is 0 Å². The molecular formula is C31H25BrN4O6. The van der Waals surface area contributed by atoms with Crippen LogP contribution in [-0.2, 0) is 9.59 Å². The van der Waals surface area contributed by atoms with Crippen LogP contribution in [0, 0.1) is 0 Å². The molecule has 4 rings (SSSR count). The monoisotopic (exact) mass is 628 g/mol. The molecule has 0 saturated carbocycles. The molecule has 0 radical (unpaired) electrons. The molecule has 4 aromatic rings. The smallest absolute Gasteiger partial charge is 0.343 e. The van der Waals surface area contributed by atoms with E-state index in [4.69, 9.17) is 9.47 Å². The molecule has 42 heavy (non-hydrogen) atoms. The molecular weight excluding hydrogens is 604 g/mol. The fourth-order valence-corrected chi connectivity index (χ4v) is 3.82. The highest BCUT2D eigenvalue weighted by Crippen LogP contribution is 2.20. The second-order valence-electron chi connectivity index (χ2n) is 8.58. The van der Waals surface area contributed by atoms with Crippen molar-refractivity contribution in [1.82, 2.24) is 5.43 Å². The molecule has 10 nitrogen and oxygen atoms in total. The number of carbonyl (C=O) groups is 4. The predicted molar refractivity (Wildman–Crippen MR) is 162 cm³/mol. The second-order valence-corrected chi connectivity index (χ2v) is 9.49. The van der Waals surface area contributed by atoms with Gasteiger partial charge in [0, 0.05) is 10.2 Å². The van der Waals surface area contributed by atoms with Gasteiger partial charge in [-0.15, -0.1) is 0 Å². The Morgan fingerprint density at radius 2 is 1.45 bits per heavy atom. The summed E-state index contributed by atoms with van der Waals surface area (Å²) in [6.07, 6.45) is 1.32. The van der Waals surface area contributed by atoms with Gasteiger partial charge in [0.05, 0.1) is 29.6 Å². The van der Waals surface area contributed by atoms with Crippen molar-refractivity contribution in [2.24, 2.45) is 5.10 Å². The molecule has 0 bridgehead atoms. The highest BCUT2D eigenvalue weighted by atomic mass is 79.9. The minimum absolute atomic E-state index is 0.151. The summed E-state index contributed by atoms with van der Waals surface area (Å²) in [5.74, 6) is -2.02. The minimum atomic E-state index is -1.03. The molecule has 11 heteroatoms. The third-order valence-corrected chi connectivity index (χ3v) is 6.13. The van der Waals surface area contributed by atoms with Gasteiger partial charge in [-0.05, 0) is 97.4 Å². The molecule has 4 aromatic carbocycles. The van der Waals surface area contributed by atoms with Crippen molar-refractivity contribution in [3.05, 3.63) is 118 Å². The summed E-state index contributed by atoms with van der Waals surface area (Å²) in [7, 11) is 0. The van der Waals surface area contributed by atoms with Gasteiger partial charge < -0.3 is 20.1 Å². The quantitative estimate of drug-likeness (QED) is 0.0746. The third-order valence-electron chi connectivity index (χ3n) is 5.60. The Morgan fingerprint density at radius 3 is 2.14 bits per heavy atom. The van der Waals surface area contributed by atoms with Crippen molar-refractivity contribution in [2.45, 2.75) is 6.92 Å². The average Bonchev–Trinajstić information content (AvgIpc) is 2.99. The van der Waals surface area contributed by atoms with Crippen molar-refractivity contribution < 1.29 is 28.7 Å². The summed E-state index contributed by atoms with van der Waals surface area (Å²) < 4.78 is 11.6. The number of nitrogens with zero attached hydrogens (tertiary/aromatic N) is 1. The van der Waals surface area contributed by atoms with Crippen LogP contribution >= 0.6 is 15.9 Å². The second kappa shape index (κ2) is 14.4. The number of nitrogens with one attached hydrogen (secondary N) is 3. The lowest BCUT2D eigenvalue weighted by atomic mass is 10.1. The Bertz CT molecular complexity index is 1600. The maximum atomic E-state index is 12.8. The molecule has 0 aliphatic rings. The summed E-state index contributed by atoms with van der Waals surface area (Å²) in [4.78, 5) is 49.9. The van der Waals surface area contributed by atoms with Gasteiger partial charge in [0.1, 0.15) is 11.5 Å². The Kier molecular flexibility index (Phi) is 10.2. The number of amides is 3. The molecule has 3 N–H and O–H groups in total. The number of esters is 1. The summed E-state index contributed by atoms with van der Waals surface area (Å²) in [5, 5.41) is 8.98. The first-order valence-corrected chi connectivity index (χ1v) is 13.5. The van der Waals surface area contributed by atoms with Gasteiger partial charge in [0.15, 0.2) is 0 Å². The topological polar surface area (TPSA) is 135 Å². The van der Waals surface area contributed by atoms with E-state index in [0.717, 1.165) is 4.47 Å². The molecule has 0 aromatic heterocycles. The number of hydrogen-bond acceptors (Lipinski definition) is 7. The zero-order valence-electron chi connectivity index (χ0n) is 22.3. The number of para-hydroxylation sites is 1. The Labute approximate surface area is 249 Å². The van der Waals surface area contributed by atoms with Gasteiger partial charge in [0.25, 0.3) is 5.91 Å². The van der Waals surface area contributed by atoms with Gasteiger partial charge in [0.2, 0.25) is 0 Å². The Balaban J connectivity index is 1.29. The lowest BCUT2D eigenvalue weighted by Crippen LogP contribution is -2.33. The lowest BCUT2D eigenvalue weighted by molar-refractivity contribution is -0.136. The van der Waals surface area contributed by atoms with Crippen LogP contribution in [-0.4, -0.2) is 36.5 Å². The summed E-state index contributed by atoms with van der Waals surface area (Å²) in [6, 6.07) is 26.3. The number of hydrazone groups is 1. The number of rotatable bonds is 9. The maximum Gasteiger partial charge on any atom is 0.343 e. The van der Waals surface area contributed by atoms with Crippen LogP contribution in [0.15, 0.2) is 107 Å². The zero-order chi connectivity index (χ0) is 29.9. The highest BCUT2D eigenvalue weighted by molar-refractivity contribution is 9.10. The SMILES string of the molecule is CCOc1ccc(NC(=O)c2ccccc2NC(=O)C(=O)N/N=C/c2ccc(OC(=O)c3ccc(Br)cc3)cc2)cc1. The number of benzene rings is 4. The van der Waals surface area contributed by atoms with Gasteiger partial charge >= 0.3 is 17.8 Å². The largest absolute Gasteiger partial charge is 0.494 e. The highest BCUT2D eigenvalue weighted by Gasteiger charge is 2.18. The van der Waals surface area contributed by atoms with E-state index < -0.39 is 23.7 Å². The van der Waals surface area contributed by atoms with Crippen LogP contribution in [0.2, 0.25) is 0 Å². The lowest BCUT2D eigenvalue weighted by Gasteiger charge is -2.11. The number of ether oxygens (including phenoxy) is 2. The van der Waals surface area contributed by atoms with E-state index in [1.807, 2.05) is 6.92 Å². The molecule has 0 spiro atoms. The number of carbonyl (C=O) groups excluding carboxylic acids is 4. The summed E-state index contributed by atoms with van der Waals surface area (Å²) in [5.41, 5.74) is 3.98. The van der Waals surface area contributed by atoms with Gasteiger partial charge in [-0.3, -0.25) is 14.4 Å². The van der Waals surface area contributed by atoms with Gasteiger partial charge in [-0.25, -0.2) is 10.2 Å².